The Balaban J connectivity index is 1.74. The highest BCUT2D eigenvalue weighted by Crippen LogP contribution is 2.39. The van der Waals surface area contributed by atoms with E-state index in [1.807, 2.05) is 6.07 Å². The molecule has 1 N–H and O–H groups in total. The predicted molar refractivity (Wildman–Crippen MR) is 109 cm³/mol. The highest BCUT2D eigenvalue weighted by molar-refractivity contribution is 7.18. The van der Waals surface area contributed by atoms with Crippen LogP contribution in [-0.4, -0.2) is 28.1 Å². The molecule has 1 atom stereocenters. The minimum absolute atomic E-state index is 0.124. The van der Waals surface area contributed by atoms with Crippen LogP contribution in [0, 0.1) is 0 Å². The second kappa shape index (κ2) is 7.40. The van der Waals surface area contributed by atoms with Gasteiger partial charge in [0.25, 0.3) is 5.91 Å². The smallest absolute Gasteiger partial charge is 0.307 e. The van der Waals surface area contributed by atoms with Crippen molar-refractivity contribution in [3.8, 4) is 5.75 Å². The Bertz CT molecular complexity index is 1120. The number of carbonyl (C=O) groups excluding carboxylic acids is 1. The zero-order chi connectivity index (χ0) is 20.0. The van der Waals surface area contributed by atoms with Crippen molar-refractivity contribution in [3.05, 3.63) is 50.4 Å². The average Bonchev–Trinajstić information content (AvgIpc) is 3.05. The number of rotatable bonds is 4. The summed E-state index contributed by atoms with van der Waals surface area (Å²) in [4.78, 5) is 30.0. The van der Waals surface area contributed by atoms with E-state index in [-0.39, 0.29) is 6.54 Å². The summed E-state index contributed by atoms with van der Waals surface area (Å²) in [7, 11) is 0. The van der Waals surface area contributed by atoms with Gasteiger partial charge in [-0.1, -0.05) is 34.8 Å². The van der Waals surface area contributed by atoms with Crippen LogP contribution in [0.2, 0.25) is 15.1 Å². The van der Waals surface area contributed by atoms with E-state index >= 15 is 0 Å². The number of aromatic nitrogens is 1. The van der Waals surface area contributed by atoms with E-state index < -0.39 is 24.4 Å². The maximum absolute atomic E-state index is 12.9. The monoisotopic (exact) mass is 456 g/mol. The summed E-state index contributed by atoms with van der Waals surface area (Å²) in [6, 6.07) is 8.32. The molecule has 1 amide bonds. The number of hydrogen-bond acceptors (Lipinski definition) is 5. The minimum Gasteiger partial charge on any atom is -0.481 e. The number of amides is 1. The van der Waals surface area contributed by atoms with Gasteiger partial charge < -0.3 is 9.84 Å². The first kappa shape index (κ1) is 19.3. The van der Waals surface area contributed by atoms with Crippen molar-refractivity contribution in [1.29, 1.82) is 0 Å². The molecule has 6 nitrogen and oxygen atoms in total. The van der Waals surface area contributed by atoms with Gasteiger partial charge in [0.1, 0.15) is 16.3 Å². The van der Waals surface area contributed by atoms with Crippen molar-refractivity contribution in [1.82, 2.24) is 4.98 Å². The average molecular weight is 458 g/mol. The molecule has 1 unspecified atom stereocenters. The molecular weight excluding hydrogens is 447 g/mol. The fourth-order valence-corrected chi connectivity index (χ4v) is 4.48. The zero-order valence-corrected chi connectivity index (χ0v) is 17.1. The van der Waals surface area contributed by atoms with Gasteiger partial charge in [0.2, 0.25) is 0 Å². The van der Waals surface area contributed by atoms with E-state index in [0.717, 1.165) is 4.70 Å². The van der Waals surface area contributed by atoms with Crippen LogP contribution in [-0.2, 0) is 16.1 Å². The fraction of sp³-hybridized carbons (Fsp3) is 0.167. The lowest BCUT2D eigenvalue weighted by Crippen LogP contribution is -2.46. The summed E-state index contributed by atoms with van der Waals surface area (Å²) in [6.07, 6.45) is -1.57. The van der Waals surface area contributed by atoms with Crippen molar-refractivity contribution in [2.45, 2.75) is 19.1 Å². The summed E-state index contributed by atoms with van der Waals surface area (Å²) in [5.74, 6) is -1.21. The van der Waals surface area contributed by atoms with Crippen molar-refractivity contribution < 1.29 is 19.4 Å². The number of anilines is 1. The molecule has 0 fully saturated rings. The van der Waals surface area contributed by atoms with E-state index in [1.165, 1.54) is 16.2 Å². The zero-order valence-electron chi connectivity index (χ0n) is 14.0. The number of halogens is 3. The van der Waals surface area contributed by atoms with Gasteiger partial charge >= 0.3 is 5.97 Å². The molecule has 1 aromatic heterocycles. The van der Waals surface area contributed by atoms with E-state index in [9.17, 15) is 9.59 Å². The van der Waals surface area contributed by atoms with Crippen LogP contribution in [0.15, 0.2) is 30.3 Å². The highest BCUT2D eigenvalue weighted by Gasteiger charge is 2.36. The second-order valence-electron chi connectivity index (χ2n) is 6.06. The van der Waals surface area contributed by atoms with E-state index in [0.29, 0.717) is 37.0 Å². The van der Waals surface area contributed by atoms with Gasteiger partial charge in [0.05, 0.1) is 33.4 Å². The lowest BCUT2D eigenvalue weighted by atomic mass is 10.1. The first-order valence-electron chi connectivity index (χ1n) is 8.06. The standard InChI is InChI=1S/C18H11Cl3N2O4S/c19-8-1-3-11-10(5-8)23(18(26)12(27-11)6-15(24)25)7-14-22-17-13(28-14)4-2-9(20)16(17)21/h1-5,12H,6-7H2,(H,24,25). The third kappa shape index (κ3) is 3.51. The summed E-state index contributed by atoms with van der Waals surface area (Å²) < 4.78 is 6.42. The van der Waals surface area contributed by atoms with Gasteiger partial charge in [-0.25, -0.2) is 4.98 Å². The summed E-state index contributed by atoms with van der Waals surface area (Å²) in [5, 5.41) is 10.9. The van der Waals surface area contributed by atoms with Gasteiger partial charge in [0.15, 0.2) is 6.10 Å². The second-order valence-corrected chi connectivity index (χ2v) is 8.39. The molecule has 144 valence electrons. The Labute approximate surface area is 178 Å². The molecule has 0 saturated carbocycles. The largest absolute Gasteiger partial charge is 0.481 e. The lowest BCUT2D eigenvalue weighted by Gasteiger charge is -2.33. The maximum Gasteiger partial charge on any atom is 0.307 e. The van der Waals surface area contributed by atoms with E-state index in [1.54, 1.807) is 24.3 Å². The van der Waals surface area contributed by atoms with Crippen LogP contribution in [0.3, 0.4) is 0 Å². The molecule has 1 aliphatic heterocycles. The molecular formula is C18H11Cl3N2O4S. The fourth-order valence-electron chi connectivity index (χ4n) is 2.93. The highest BCUT2D eigenvalue weighted by atomic mass is 35.5. The van der Waals surface area contributed by atoms with Crippen molar-refractivity contribution in [2.24, 2.45) is 0 Å². The number of carbonyl (C=O) groups is 2. The third-order valence-corrected chi connectivity index (χ3v) is 6.21. The van der Waals surface area contributed by atoms with Crippen LogP contribution in [0.4, 0.5) is 5.69 Å². The Morgan fingerprint density at radius 3 is 2.79 bits per heavy atom. The Morgan fingerprint density at radius 2 is 2.04 bits per heavy atom. The minimum atomic E-state index is -1.13. The molecule has 28 heavy (non-hydrogen) atoms. The molecule has 0 radical (unpaired) electrons. The first-order valence-corrected chi connectivity index (χ1v) is 10.0. The van der Waals surface area contributed by atoms with Crippen molar-refractivity contribution >= 4 is 73.9 Å². The van der Waals surface area contributed by atoms with Crippen LogP contribution in [0.5, 0.6) is 5.75 Å². The van der Waals surface area contributed by atoms with Gasteiger partial charge in [-0.05, 0) is 30.3 Å². The molecule has 2 aromatic carbocycles. The number of carboxylic acids is 1. The number of hydrogen-bond donors (Lipinski definition) is 1. The Kier molecular flexibility index (Phi) is 5.09. The summed E-state index contributed by atoms with van der Waals surface area (Å²) >= 11 is 19.7. The van der Waals surface area contributed by atoms with Crippen LogP contribution < -0.4 is 9.64 Å². The molecule has 4 rings (SSSR count). The molecule has 10 heteroatoms. The third-order valence-electron chi connectivity index (χ3n) is 4.17. The summed E-state index contributed by atoms with van der Waals surface area (Å²) in [5.41, 5.74) is 1.02. The van der Waals surface area contributed by atoms with Gasteiger partial charge in [-0.15, -0.1) is 11.3 Å². The predicted octanol–water partition coefficient (Wildman–Crippen LogP) is 5.03. The molecule has 0 saturated heterocycles. The van der Waals surface area contributed by atoms with Gasteiger partial charge in [-0.3, -0.25) is 14.5 Å². The molecule has 2 heterocycles. The normalized spacial score (nSPS) is 16.2. The molecule has 0 bridgehead atoms. The summed E-state index contributed by atoms with van der Waals surface area (Å²) in [6.45, 7) is 0.124. The molecule has 0 aliphatic carbocycles. The number of fused-ring (bicyclic) bond motifs is 2. The van der Waals surface area contributed by atoms with E-state index in [4.69, 9.17) is 44.6 Å². The SMILES string of the molecule is O=C(O)CC1Oc2ccc(Cl)cc2N(Cc2nc3c(Cl)c(Cl)ccc3s2)C1=O. The Hall–Kier alpha value is -2.06. The molecule has 1 aliphatic rings. The number of thiazole rings is 1. The van der Waals surface area contributed by atoms with Gasteiger partial charge in [-0.2, -0.15) is 0 Å². The van der Waals surface area contributed by atoms with Crippen LogP contribution in [0.25, 0.3) is 10.2 Å². The number of nitrogens with zero attached hydrogens (tertiary/aromatic N) is 2. The Morgan fingerprint density at radius 1 is 1.25 bits per heavy atom. The lowest BCUT2D eigenvalue weighted by molar-refractivity contribution is -0.142. The first-order chi connectivity index (χ1) is 13.3. The quantitative estimate of drug-likeness (QED) is 0.595. The van der Waals surface area contributed by atoms with Crippen molar-refractivity contribution in [3.63, 3.8) is 0 Å². The topological polar surface area (TPSA) is 79.7 Å². The maximum atomic E-state index is 12.9. The number of ether oxygens (including phenoxy) is 1. The van der Waals surface area contributed by atoms with Crippen LogP contribution in [0.1, 0.15) is 11.4 Å². The van der Waals surface area contributed by atoms with Gasteiger partial charge in [0, 0.05) is 5.02 Å². The van der Waals surface area contributed by atoms with Crippen molar-refractivity contribution in [2.75, 3.05) is 4.90 Å². The molecule has 0 spiro atoms. The number of carboxylic acid groups (broad SMARTS) is 1. The number of benzene rings is 2. The number of aliphatic carboxylic acids is 1. The molecule has 3 aromatic rings. The van der Waals surface area contributed by atoms with Crippen LogP contribution >= 0.6 is 46.1 Å². The van der Waals surface area contributed by atoms with E-state index in [2.05, 4.69) is 4.98 Å².